The van der Waals surface area contributed by atoms with Crippen molar-refractivity contribution >= 4 is 11.9 Å². The van der Waals surface area contributed by atoms with E-state index in [1.165, 1.54) is 0 Å². The highest BCUT2D eigenvalue weighted by molar-refractivity contribution is 6.04. The van der Waals surface area contributed by atoms with Crippen LogP contribution in [0.5, 0.6) is 0 Å². The molecule has 18 heavy (non-hydrogen) atoms. The van der Waals surface area contributed by atoms with E-state index in [2.05, 4.69) is 19.2 Å². The van der Waals surface area contributed by atoms with Crippen LogP contribution in [0.15, 0.2) is 11.8 Å². The summed E-state index contributed by atoms with van der Waals surface area (Å²) in [6.45, 7) is 8.41. The fourth-order valence-corrected chi connectivity index (χ4v) is 3.40. The van der Waals surface area contributed by atoms with E-state index in [0.717, 1.165) is 18.4 Å². The molecule has 1 amide bonds. The summed E-state index contributed by atoms with van der Waals surface area (Å²) in [5, 5.41) is 2.55. The van der Waals surface area contributed by atoms with Gasteiger partial charge in [-0.2, -0.15) is 0 Å². The second-order valence-electron chi connectivity index (χ2n) is 5.94. The number of hydrogen-bond donors (Lipinski definition) is 1. The first-order valence-corrected chi connectivity index (χ1v) is 6.52. The Bertz CT molecular complexity index is 425. The third-order valence-corrected chi connectivity index (χ3v) is 4.99. The summed E-state index contributed by atoms with van der Waals surface area (Å²) in [4.78, 5) is 23.7. The molecule has 2 atom stereocenters. The summed E-state index contributed by atoms with van der Waals surface area (Å²) in [5.74, 6) is 0.428. The third-order valence-electron chi connectivity index (χ3n) is 4.99. The van der Waals surface area contributed by atoms with Crippen molar-refractivity contribution in [1.82, 2.24) is 5.32 Å². The summed E-state index contributed by atoms with van der Waals surface area (Å²) in [6.07, 6.45) is 3.02. The summed E-state index contributed by atoms with van der Waals surface area (Å²) in [5.41, 5.74) is 0.452. The average molecular weight is 251 g/mol. The number of carbonyl (C=O) groups is 2. The van der Waals surface area contributed by atoms with Crippen molar-refractivity contribution in [3.63, 3.8) is 0 Å². The van der Waals surface area contributed by atoms with Crippen molar-refractivity contribution in [1.29, 1.82) is 0 Å². The largest absolute Gasteiger partial charge is 0.450 e. The Morgan fingerprint density at radius 3 is 2.67 bits per heavy atom. The number of carbonyl (C=O) groups excluding carboxylic acids is 2. The van der Waals surface area contributed by atoms with Gasteiger partial charge in [0.1, 0.15) is 0 Å². The van der Waals surface area contributed by atoms with Gasteiger partial charge in [0.2, 0.25) is 0 Å². The van der Waals surface area contributed by atoms with E-state index in [1.54, 1.807) is 13.1 Å². The standard InChI is InChI=1S/C14H21NO3/c1-5-18-12(17)15-8-9-10-6-7-14(4,11(9)16)13(10,2)3/h8,10H,5-7H2,1-4H3,(H,15,17)/b9-8+/t10-,14+/m0/s1. The van der Waals surface area contributed by atoms with Crippen LogP contribution in [-0.2, 0) is 9.53 Å². The lowest BCUT2D eigenvalue weighted by molar-refractivity contribution is -0.125. The monoisotopic (exact) mass is 251 g/mol. The number of ether oxygens (including phenoxy) is 1. The molecule has 100 valence electrons. The van der Waals surface area contributed by atoms with Crippen LogP contribution in [0, 0.1) is 16.7 Å². The summed E-state index contributed by atoms with van der Waals surface area (Å²) in [7, 11) is 0. The molecule has 4 heteroatoms. The molecule has 2 bridgehead atoms. The van der Waals surface area contributed by atoms with Gasteiger partial charge in [0, 0.05) is 17.2 Å². The molecule has 0 aromatic carbocycles. The van der Waals surface area contributed by atoms with E-state index in [9.17, 15) is 9.59 Å². The first-order valence-electron chi connectivity index (χ1n) is 6.52. The van der Waals surface area contributed by atoms with E-state index in [1.807, 2.05) is 6.92 Å². The molecule has 2 saturated carbocycles. The first kappa shape index (κ1) is 13.1. The highest BCUT2D eigenvalue weighted by Gasteiger charge is 2.63. The lowest BCUT2D eigenvalue weighted by Crippen LogP contribution is -2.32. The van der Waals surface area contributed by atoms with E-state index >= 15 is 0 Å². The van der Waals surface area contributed by atoms with Crippen molar-refractivity contribution in [3.8, 4) is 0 Å². The normalized spacial score (nSPS) is 35.0. The number of rotatable bonds is 2. The fourth-order valence-electron chi connectivity index (χ4n) is 3.40. The predicted octanol–water partition coefficient (Wildman–Crippen LogP) is 2.64. The van der Waals surface area contributed by atoms with E-state index in [-0.39, 0.29) is 22.5 Å². The minimum Gasteiger partial charge on any atom is -0.450 e. The van der Waals surface area contributed by atoms with Gasteiger partial charge in [-0.15, -0.1) is 0 Å². The molecule has 0 unspecified atom stereocenters. The Labute approximate surface area is 108 Å². The molecule has 2 aliphatic carbocycles. The van der Waals surface area contributed by atoms with Gasteiger partial charge >= 0.3 is 6.09 Å². The maximum Gasteiger partial charge on any atom is 0.411 e. The molecule has 4 nitrogen and oxygen atoms in total. The Kier molecular flexibility index (Phi) is 2.99. The SMILES string of the molecule is CCOC(=O)N/C=C1/C(=O)[C@@]2(C)CC[C@@H]1C2(C)C. The number of Topliss-reactive ketones (excluding diaryl/α,β-unsaturated/α-hetero) is 1. The third kappa shape index (κ3) is 1.58. The van der Waals surface area contributed by atoms with Crippen LogP contribution in [0.4, 0.5) is 4.79 Å². The first-order chi connectivity index (χ1) is 8.34. The van der Waals surface area contributed by atoms with Crippen LogP contribution >= 0.6 is 0 Å². The second-order valence-corrected chi connectivity index (χ2v) is 5.94. The zero-order chi connectivity index (χ0) is 13.6. The van der Waals surface area contributed by atoms with Gasteiger partial charge in [0.15, 0.2) is 5.78 Å². The zero-order valence-electron chi connectivity index (χ0n) is 11.5. The summed E-state index contributed by atoms with van der Waals surface area (Å²) in [6, 6.07) is 0. The molecule has 2 rings (SSSR count). The van der Waals surface area contributed by atoms with Gasteiger partial charge in [-0.25, -0.2) is 4.79 Å². The molecule has 2 fully saturated rings. The number of hydrogen-bond acceptors (Lipinski definition) is 3. The van der Waals surface area contributed by atoms with E-state index in [0.29, 0.717) is 6.61 Å². The van der Waals surface area contributed by atoms with Crippen molar-refractivity contribution < 1.29 is 14.3 Å². The molecule has 0 heterocycles. The molecular formula is C14H21NO3. The quantitative estimate of drug-likeness (QED) is 0.768. The average Bonchev–Trinajstić information content (AvgIpc) is 2.60. The Balaban J connectivity index is 2.20. The Morgan fingerprint density at radius 2 is 2.17 bits per heavy atom. The number of fused-ring (bicyclic) bond motifs is 2. The summed E-state index contributed by atoms with van der Waals surface area (Å²) < 4.78 is 4.79. The number of allylic oxidation sites excluding steroid dienone is 1. The molecule has 0 aromatic heterocycles. The van der Waals surface area contributed by atoms with Gasteiger partial charge in [-0.3, -0.25) is 10.1 Å². The van der Waals surface area contributed by atoms with Gasteiger partial charge in [0.25, 0.3) is 0 Å². The molecule has 0 spiro atoms. The van der Waals surface area contributed by atoms with Gasteiger partial charge < -0.3 is 4.74 Å². The number of ketones is 1. The van der Waals surface area contributed by atoms with Crippen LogP contribution in [0.25, 0.3) is 0 Å². The van der Waals surface area contributed by atoms with Crippen molar-refractivity contribution in [2.24, 2.45) is 16.7 Å². The van der Waals surface area contributed by atoms with Crippen LogP contribution in [0.3, 0.4) is 0 Å². The zero-order valence-corrected chi connectivity index (χ0v) is 11.5. The number of alkyl carbamates (subject to hydrolysis) is 1. The molecule has 2 aliphatic rings. The fraction of sp³-hybridized carbons (Fsp3) is 0.714. The molecule has 0 aromatic rings. The van der Waals surface area contributed by atoms with E-state index < -0.39 is 6.09 Å². The van der Waals surface area contributed by atoms with Crippen molar-refractivity contribution in [2.75, 3.05) is 6.61 Å². The second kappa shape index (κ2) is 4.11. The lowest BCUT2D eigenvalue weighted by Gasteiger charge is -2.31. The van der Waals surface area contributed by atoms with Crippen LogP contribution in [0.1, 0.15) is 40.5 Å². The van der Waals surface area contributed by atoms with Crippen LogP contribution in [0.2, 0.25) is 0 Å². The van der Waals surface area contributed by atoms with Gasteiger partial charge in [-0.1, -0.05) is 20.8 Å². The van der Waals surface area contributed by atoms with Gasteiger partial charge in [0.05, 0.1) is 6.61 Å². The maximum absolute atomic E-state index is 12.4. The van der Waals surface area contributed by atoms with E-state index in [4.69, 9.17) is 4.74 Å². The molecular weight excluding hydrogens is 230 g/mol. The minimum atomic E-state index is -0.497. The minimum absolute atomic E-state index is 0.0216. The Morgan fingerprint density at radius 1 is 1.50 bits per heavy atom. The molecule has 0 aliphatic heterocycles. The molecule has 0 radical (unpaired) electrons. The lowest BCUT2D eigenvalue weighted by atomic mass is 9.70. The number of amides is 1. The molecule has 1 N–H and O–H groups in total. The predicted molar refractivity (Wildman–Crippen MR) is 67.9 cm³/mol. The van der Waals surface area contributed by atoms with Crippen LogP contribution < -0.4 is 5.32 Å². The number of nitrogens with one attached hydrogen (secondary N) is 1. The van der Waals surface area contributed by atoms with Gasteiger partial charge in [-0.05, 0) is 31.1 Å². The Hall–Kier alpha value is -1.32. The highest BCUT2D eigenvalue weighted by atomic mass is 16.5. The topological polar surface area (TPSA) is 55.4 Å². The molecule has 0 saturated heterocycles. The summed E-state index contributed by atoms with van der Waals surface area (Å²) >= 11 is 0. The highest BCUT2D eigenvalue weighted by Crippen LogP contribution is 2.65. The van der Waals surface area contributed by atoms with Crippen molar-refractivity contribution in [3.05, 3.63) is 11.8 Å². The van der Waals surface area contributed by atoms with Crippen molar-refractivity contribution in [2.45, 2.75) is 40.5 Å². The smallest absolute Gasteiger partial charge is 0.411 e. The van der Waals surface area contributed by atoms with Crippen LogP contribution in [-0.4, -0.2) is 18.5 Å². The maximum atomic E-state index is 12.4.